The summed E-state index contributed by atoms with van der Waals surface area (Å²) in [5, 5.41) is 11.7. The molecule has 1 aromatic rings. The smallest absolute Gasteiger partial charge is 0.326 e. The molecule has 1 unspecified atom stereocenters. The molecule has 1 rings (SSSR count). The Kier molecular flexibility index (Phi) is 6.52. The van der Waals surface area contributed by atoms with Crippen LogP contribution in [0.3, 0.4) is 0 Å². The first-order chi connectivity index (χ1) is 10.0. The molecular weight excluding hydrogens is 272 g/mol. The second-order valence-electron chi connectivity index (χ2n) is 4.71. The van der Waals surface area contributed by atoms with Gasteiger partial charge in [-0.3, -0.25) is 4.90 Å². The number of nitrogens with zero attached hydrogens (tertiary/aromatic N) is 1. The van der Waals surface area contributed by atoms with Crippen molar-refractivity contribution in [3.63, 3.8) is 0 Å². The van der Waals surface area contributed by atoms with Gasteiger partial charge in [-0.15, -0.1) is 0 Å². The Morgan fingerprint density at radius 2 is 2.05 bits per heavy atom. The molecule has 2 amide bonds. The number of nitrogens with one attached hydrogen (secondary N) is 1. The van der Waals surface area contributed by atoms with E-state index in [-0.39, 0.29) is 0 Å². The van der Waals surface area contributed by atoms with Crippen LogP contribution in [0.25, 0.3) is 0 Å². The van der Waals surface area contributed by atoms with Crippen LogP contribution in [-0.2, 0) is 4.79 Å². The van der Waals surface area contributed by atoms with Crippen molar-refractivity contribution in [1.82, 2.24) is 5.32 Å². The van der Waals surface area contributed by atoms with E-state index in [1.54, 1.807) is 31.3 Å². The van der Waals surface area contributed by atoms with E-state index in [0.717, 1.165) is 12.8 Å². The predicted octanol–water partition coefficient (Wildman–Crippen LogP) is 2.48. The monoisotopic (exact) mass is 294 g/mol. The SMILES string of the molecule is CCCCC(NC(=O)N(C)c1ccccc1OC)C(=O)O. The molecule has 1 aromatic carbocycles. The summed E-state index contributed by atoms with van der Waals surface area (Å²) in [7, 11) is 3.10. The molecule has 2 N–H and O–H groups in total. The first-order valence-electron chi connectivity index (χ1n) is 6.91. The number of unbranched alkanes of at least 4 members (excludes halogenated alkanes) is 1. The van der Waals surface area contributed by atoms with Gasteiger partial charge in [0.25, 0.3) is 0 Å². The number of methoxy groups -OCH3 is 1. The first-order valence-corrected chi connectivity index (χ1v) is 6.91. The quantitative estimate of drug-likeness (QED) is 0.809. The van der Waals surface area contributed by atoms with Crippen molar-refractivity contribution in [3.8, 4) is 5.75 Å². The largest absolute Gasteiger partial charge is 0.495 e. The molecule has 0 aromatic heterocycles. The van der Waals surface area contributed by atoms with Crippen LogP contribution in [0.5, 0.6) is 5.75 Å². The molecule has 6 heteroatoms. The molecule has 0 aliphatic heterocycles. The molecule has 1 atom stereocenters. The van der Waals surface area contributed by atoms with Crippen molar-refractivity contribution in [3.05, 3.63) is 24.3 Å². The lowest BCUT2D eigenvalue weighted by atomic mass is 10.1. The highest BCUT2D eigenvalue weighted by Crippen LogP contribution is 2.26. The van der Waals surface area contributed by atoms with Crippen molar-refractivity contribution in [1.29, 1.82) is 0 Å². The zero-order chi connectivity index (χ0) is 15.8. The van der Waals surface area contributed by atoms with Gasteiger partial charge < -0.3 is 15.2 Å². The number of aliphatic carboxylic acids is 1. The number of para-hydroxylation sites is 2. The van der Waals surface area contributed by atoms with Gasteiger partial charge in [-0.25, -0.2) is 9.59 Å². The highest BCUT2D eigenvalue weighted by Gasteiger charge is 2.22. The fourth-order valence-corrected chi connectivity index (χ4v) is 1.93. The molecule has 0 saturated heterocycles. The lowest BCUT2D eigenvalue weighted by Gasteiger charge is -2.22. The van der Waals surface area contributed by atoms with Crippen LogP contribution >= 0.6 is 0 Å². The van der Waals surface area contributed by atoms with E-state index in [0.29, 0.717) is 17.9 Å². The number of carbonyl (C=O) groups excluding carboxylic acids is 1. The maximum absolute atomic E-state index is 12.2. The minimum Gasteiger partial charge on any atom is -0.495 e. The molecular formula is C15H22N2O4. The molecule has 0 bridgehead atoms. The van der Waals surface area contributed by atoms with Crippen LogP contribution in [0.2, 0.25) is 0 Å². The van der Waals surface area contributed by atoms with Crippen molar-refractivity contribution in [2.24, 2.45) is 0 Å². The fraction of sp³-hybridized carbons (Fsp3) is 0.467. The number of carboxylic acids is 1. The highest BCUT2D eigenvalue weighted by atomic mass is 16.5. The zero-order valence-electron chi connectivity index (χ0n) is 12.6. The third kappa shape index (κ3) is 4.66. The van der Waals surface area contributed by atoms with Crippen LogP contribution in [0, 0.1) is 0 Å². The fourth-order valence-electron chi connectivity index (χ4n) is 1.93. The molecule has 116 valence electrons. The number of rotatable bonds is 7. The molecule has 0 aliphatic rings. The Bertz CT molecular complexity index is 490. The number of anilines is 1. The van der Waals surface area contributed by atoms with Crippen LogP contribution in [0.1, 0.15) is 26.2 Å². The second kappa shape index (κ2) is 8.14. The second-order valence-corrected chi connectivity index (χ2v) is 4.71. The number of benzene rings is 1. The van der Waals surface area contributed by atoms with E-state index >= 15 is 0 Å². The first kappa shape index (κ1) is 16.8. The number of urea groups is 1. The van der Waals surface area contributed by atoms with E-state index in [2.05, 4.69) is 5.32 Å². The van der Waals surface area contributed by atoms with Crippen molar-refractivity contribution in [2.75, 3.05) is 19.1 Å². The number of ether oxygens (including phenoxy) is 1. The molecule has 0 radical (unpaired) electrons. The number of amides is 2. The summed E-state index contributed by atoms with van der Waals surface area (Å²) in [6.07, 6.45) is 2.04. The maximum Gasteiger partial charge on any atom is 0.326 e. The average molecular weight is 294 g/mol. The summed E-state index contributed by atoms with van der Waals surface area (Å²) < 4.78 is 5.20. The lowest BCUT2D eigenvalue weighted by Crippen LogP contribution is -2.46. The van der Waals surface area contributed by atoms with E-state index in [9.17, 15) is 9.59 Å². The van der Waals surface area contributed by atoms with Crippen molar-refractivity contribution < 1.29 is 19.4 Å². The van der Waals surface area contributed by atoms with Gasteiger partial charge in [0.2, 0.25) is 0 Å². The summed E-state index contributed by atoms with van der Waals surface area (Å²) >= 11 is 0. The minimum atomic E-state index is -1.02. The van der Waals surface area contributed by atoms with Crippen molar-refractivity contribution in [2.45, 2.75) is 32.2 Å². The van der Waals surface area contributed by atoms with Gasteiger partial charge >= 0.3 is 12.0 Å². The molecule has 0 aliphatic carbocycles. The summed E-state index contributed by atoms with van der Waals surface area (Å²) in [6, 6.07) is 5.71. The summed E-state index contributed by atoms with van der Waals surface area (Å²) in [5.74, 6) is -0.471. The average Bonchev–Trinajstić information content (AvgIpc) is 2.49. The summed E-state index contributed by atoms with van der Waals surface area (Å²) in [4.78, 5) is 24.7. The van der Waals surface area contributed by atoms with E-state index in [1.807, 2.05) is 6.92 Å². The standard InChI is InChI=1S/C15H22N2O4/c1-4-5-8-11(14(18)19)16-15(20)17(2)12-9-6-7-10-13(12)21-3/h6-7,9-11H,4-5,8H2,1-3H3,(H,16,20)(H,18,19). The van der Waals surface area contributed by atoms with Gasteiger partial charge in [0, 0.05) is 7.05 Å². The molecule has 6 nitrogen and oxygen atoms in total. The lowest BCUT2D eigenvalue weighted by molar-refractivity contribution is -0.139. The summed E-state index contributed by atoms with van der Waals surface area (Å²) in [5.41, 5.74) is 0.581. The van der Waals surface area contributed by atoms with Gasteiger partial charge in [0.05, 0.1) is 12.8 Å². The predicted molar refractivity (Wildman–Crippen MR) is 80.9 cm³/mol. The Balaban J connectivity index is 2.79. The summed E-state index contributed by atoms with van der Waals surface area (Å²) in [6.45, 7) is 1.97. The molecule has 0 spiro atoms. The highest BCUT2D eigenvalue weighted by molar-refractivity contribution is 5.95. The number of hydrogen-bond donors (Lipinski definition) is 2. The van der Waals surface area contributed by atoms with Gasteiger partial charge in [0.1, 0.15) is 11.8 Å². The Hall–Kier alpha value is -2.24. The molecule has 0 fully saturated rings. The third-order valence-electron chi connectivity index (χ3n) is 3.19. The van der Waals surface area contributed by atoms with E-state index < -0.39 is 18.0 Å². The zero-order valence-corrected chi connectivity index (χ0v) is 12.6. The number of carboxylic acid groups (broad SMARTS) is 1. The molecule has 0 saturated carbocycles. The Labute approximate surface area is 124 Å². The Morgan fingerprint density at radius 1 is 1.38 bits per heavy atom. The van der Waals surface area contributed by atoms with Gasteiger partial charge in [0.15, 0.2) is 0 Å². The van der Waals surface area contributed by atoms with Gasteiger partial charge in [-0.2, -0.15) is 0 Å². The van der Waals surface area contributed by atoms with Crippen LogP contribution in [-0.4, -0.2) is 37.3 Å². The maximum atomic E-state index is 12.2. The van der Waals surface area contributed by atoms with Gasteiger partial charge in [-0.05, 0) is 18.6 Å². The van der Waals surface area contributed by atoms with Gasteiger partial charge in [-0.1, -0.05) is 31.9 Å². The van der Waals surface area contributed by atoms with E-state index in [1.165, 1.54) is 12.0 Å². The minimum absolute atomic E-state index is 0.414. The number of carbonyl (C=O) groups is 2. The van der Waals surface area contributed by atoms with Crippen LogP contribution in [0.4, 0.5) is 10.5 Å². The van der Waals surface area contributed by atoms with E-state index in [4.69, 9.17) is 9.84 Å². The van der Waals surface area contributed by atoms with Crippen LogP contribution in [0.15, 0.2) is 24.3 Å². The molecule has 0 heterocycles. The van der Waals surface area contributed by atoms with Crippen LogP contribution < -0.4 is 15.0 Å². The topological polar surface area (TPSA) is 78.9 Å². The molecule has 21 heavy (non-hydrogen) atoms. The third-order valence-corrected chi connectivity index (χ3v) is 3.19. The van der Waals surface area contributed by atoms with Crippen molar-refractivity contribution >= 4 is 17.7 Å². The number of hydrogen-bond acceptors (Lipinski definition) is 3. The Morgan fingerprint density at radius 3 is 2.62 bits per heavy atom. The normalized spacial score (nSPS) is 11.6.